The largest absolute Gasteiger partial charge is 0.481 e. The summed E-state index contributed by atoms with van der Waals surface area (Å²) in [5.74, 6) is -0.857. The fourth-order valence-corrected chi connectivity index (χ4v) is 4.57. The van der Waals surface area contributed by atoms with Crippen LogP contribution >= 0.6 is 0 Å². The number of benzene rings is 1. The molecular weight excluding hydrogens is 358 g/mol. The SMILES string of the molecule is Cc1cc2occ(CC(=O)N3CCC([C@@H]4OCCC4C(=O)O)CC3)c2cc1C. The van der Waals surface area contributed by atoms with Gasteiger partial charge >= 0.3 is 5.97 Å². The molecule has 6 heteroatoms. The third-order valence-corrected chi connectivity index (χ3v) is 6.42. The minimum absolute atomic E-state index is 0.0986. The van der Waals surface area contributed by atoms with Crippen LogP contribution in [0.4, 0.5) is 0 Å². The van der Waals surface area contributed by atoms with Gasteiger partial charge in [-0.1, -0.05) is 0 Å². The number of aliphatic carboxylic acids is 1. The molecule has 0 saturated carbocycles. The van der Waals surface area contributed by atoms with Gasteiger partial charge in [0.05, 0.1) is 24.7 Å². The molecule has 0 radical (unpaired) electrons. The first-order valence-electron chi connectivity index (χ1n) is 10.0. The van der Waals surface area contributed by atoms with Crippen LogP contribution in [-0.4, -0.2) is 47.7 Å². The van der Waals surface area contributed by atoms with Gasteiger partial charge in [-0.05, 0) is 62.3 Å². The highest BCUT2D eigenvalue weighted by Gasteiger charge is 2.40. The number of piperidine rings is 1. The highest BCUT2D eigenvalue weighted by atomic mass is 16.5. The number of hydrogen-bond donors (Lipinski definition) is 1. The molecule has 2 aliphatic heterocycles. The number of nitrogens with zero attached hydrogens (tertiary/aromatic N) is 1. The van der Waals surface area contributed by atoms with Gasteiger partial charge in [0.25, 0.3) is 0 Å². The number of rotatable bonds is 4. The summed E-state index contributed by atoms with van der Waals surface area (Å²) in [6.07, 6.45) is 4.00. The molecule has 2 saturated heterocycles. The van der Waals surface area contributed by atoms with Crippen LogP contribution in [0.5, 0.6) is 0 Å². The molecule has 0 aliphatic carbocycles. The summed E-state index contributed by atoms with van der Waals surface area (Å²) in [4.78, 5) is 26.1. The first-order valence-corrected chi connectivity index (χ1v) is 10.0. The molecule has 0 spiro atoms. The number of amides is 1. The van der Waals surface area contributed by atoms with Crippen LogP contribution in [0.15, 0.2) is 22.8 Å². The summed E-state index contributed by atoms with van der Waals surface area (Å²) < 4.78 is 11.4. The summed E-state index contributed by atoms with van der Waals surface area (Å²) >= 11 is 0. The molecule has 3 heterocycles. The fraction of sp³-hybridized carbons (Fsp3) is 0.545. The van der Waals surface area contributed by atoms with Gasteiger partial charge in [0, 0.05) is 30.6 Å². The van der Waals surface area contributed by atoms with E-state index >= 15 is 0 Å². The van der Waals surface area contributed by atoms with Gasteiger partial charge in [-0.15, -0.1) is 0 Å². The van der Waals surface area contributed by atoms with Crippen LogP contribution in [0.3, 0.4) is 0 Å². The molecule has 0 bridgehead atoms. The molecular formula is C22H27NO5. The lowest BCUT2D eigenvalue weighted by Crippen LogP contribution is -2.43. The maximum absolute atomic E-state index is 12.8. The first kappa shape index (κ1) is 19.0. The van der Waals surface area contributed by atoms with Crippen LogP contribution in [0.25, 0.3) is 11.0 Å². The average Bonchev–Trinajstić information content (AvgIpc) is 3.30. The zero-order valence-electron chi connectivity index (χ0n) is 16.4. The number of carboxylic acids is 1. The van der Waals surface area contributed by atoms with Crippen molar-refractivity contribution < 1.29 is 23.8 Å². The van der Waals surface area contributed by atoms with Crippen molar-refractivity contribution in [3.05, 3.63) is 35.1 Å². The second-order valence-corrected chi connectivity index (χ2v) is 8.16. The topological polar surface area (TPSA) is 80.0 Å². The molecule has 28 heavy (non-hydrogen) atoms. The Bertz CT molecular complexity index is 894. The molecule has 1 amide bonds. The van der Waals surface area contributed by atoms with Crippen LogP contribution in [0.1, 0.15) is 36.0 Å². The van der Waals surface area contributed by atoms with Gasteiger partial charge in [0.2, 0.25) is 5.91 Å². The van der Waals surface area contributed by atoms with Crippen LogP contribution < -0.4 is 0 Å². The summed E-state index contributed by atoms with van der Waals surface area (Å²) in [5.41, 5.74) is 4.11. The summed E-state index contributed by atoms with van der Waals surface area (Å²) in [7, 11) is 0. The Kier molecular flexibility index (Phi) is 5.15. The van der Waals surface area contributed by atoms with Crippen molar-refractivity contribution in [2.75, 3.05) is 19.7 Å². The third kappa shape index (κ3) is 3.53. The van der Waals surface area contributed by atoms with E-state index in [1.807, 2.05) is 11.0 Å². The van der Waals surface area contributed by atoms with Crippen molar-refractivity contribution in [3.63, 3.8) is 0 Å². The molecule has 6 nitrogen and oxygen atoms in total. The van der Waals surface area contributed by atoms with Crippen LogP contribution in [0.2, 0.25) is 0 Å². The number of carbonyl (C=O) groups is 2. The summed E-state index contributed by atoms with van der Waals surface area (Å²) in [6, 6.07) is 4.11. The third-order valence-electron chi connectivity index (χ3n) is 6.42. The minimum atomic E-state index is -0.765. The number of carboxylic acid groups (broad SMARTS) is 1. The van der Waals surface area contributed by atoms with E-state index < -0.39 is 11.9 Å². The molecule has 1 aromatic heterocycles. The van der Waals surface area contributed by atoms with Gasteiger partial charge in [0.1, 0.15) is 5.58 Å². The van der Waals surface area contributed by atoms with Crippen LogP contribution in [0, 0.1) is 25.7 Å². The summed E-state index contributed by atoms with van der Waals surface area (Å²) in [6.45, 7) is 5.95. The monoisotopic (exact) mass is 385 g/mol. The number of fused-ring (bicyclic) bond motifs is 1. The quantitative estimate of drug-likeness (QED) is 0.873. The van der Waals surface area contributed by atoms with E-state index in [1.54, 1.807) is 6.26 Å². The highest BCUT2D eigenvalue weighted by Crippen LogP contribution is 2.33. The van der Waals surface area contributed by atoms with Gasteiger partial charge in [0.15, 0.2) is 0 Å². The molecule has 2 fully saturated rings. The Morgan fingerprint density at radius 1 is 1.14 bits per heavy atom. The zero-order chi connectivity index (χ0) is 19.8. The Morgan fingerprint density at radius 3 is 2.57 bits per heavy atom. The minimum Gasteiger partial charge on any atom is -0.481 e. The number of likely N-dealkylation sites (tertiary alicyclic amines) is 1. The number of hydrogen-bond acceptors (Lipinski definition) is 4. The van der Waals surface area contributed by atoms with E-state index in [2.05, 4.69) is 19.9 Å². The lowest BCUT2D eigenvalue weighted by Gasteiger charge is -2.35. The Balaban J connectivity index is 1.38. The van der Waals surface area contributed by atoms with E-state index in [4.69, 9.17) is 9.15 Å². The van der Waals surface area contributed by atoms with Crippen LogP contribution in [-0.2, 0) is 20.7 Å². The van der Waals surface area contributed by atoms with E-state index in [1.165, 1.54) is 11.1 Å². The molecule has 1 aromatic carbocycles. The predicted octanol–water partition coefficient (Wildman–Crippen LogP) is 3.32. The Morgan fingerprint density at radius 2 is 1.86 bits per heavy atom. The Hall–Kier alpha value is -2.34. The standard InChI is InChI=1S/C22H27NO5/c1-13-9-18-16(12-28-19(18)10-14(13)2)11-20(24)23-6-3-15(4-7-23)21-17(22(25)26)5-8-27-21/h9-10,12,15,17,21H,3-8,11H2,1-2H3,(H,25,26)/t17?,21-/m0/s1. The molecule has 1 N–H and O–H groups in total. The number of ether oxygens (including phenoxy) is 1. The van der Waals surface area contributed by atoms with Crippen molar-refractivity contribution in [1.82, 2.24) is 4.90 Å². The second kappa shape index (κ2) is 7.59. The zero-order valence-corrected chi connectivity index (χ0v) is 16.4. The molecule has 2 aromatic rings. The molecule has 4 rings (SSSR count). The lowest BCUT2D eigenvalue weighted by molar-refractivity contribution is -0.145. The maximum Gasteiger partial charge on any atom is 0.309 e. The summed E-state index contributed by atoms with van der Waals surface area (Å²) in [5, 5.41) is 10.4. The highest BCUT2D eigenvalue weighted by molar-refractivity contribution is 5.88. The van der Waals surface area contributed by atoms with E-state index in [0.29, 0.717) is 32.5 Å². The number of aryl methyl sites for hydroxylation is 2. The van der Waals surface area contributed by atoms with Gasteiger partial charge in [-0.3, -0.25) is 9.59 Å². The number of furan rings is 1. The molecule has 2 atom stereocenters. The van der Waals surface area contributed by atoms with Gasteiger partial charge in [-0.25, -0.2) is 0 Å². The maximum atomic E-state index is 12.8. The lowest BCUT2D eigenvalue weighted by atomic mass is 9.84. The van der Waals surface area contributed by atoms with Crippen molar-refractivity contribution in [2.45, 2.75) is 45.6 Å². The number of carbonyl (C=O) groups excluding carboxylic acids is 1. The van der Waals surface area contributed by atoms with Crippen molar-refractivity contribution >= 4 is 22.8 Å². The van der Waals surface area contributed by atoms with Crippen molar-refractivity contribution in [2.24, 2.45) is 11.8 Å². The molecule has 1 unspecified atom stereocenters. The van der Waals surface area contributed by atoms with Crippen molar-refractivity contribution in [1.29, 1.82) is 0 Å². The van der Waals surface area contributed by atoms with E-state index in [-0.39, 0.29) is 17.9 Å². The fourth-order valence-electron chi connectivity index (χ4n) is 4.57. The second-order valence-electron chi connectivity index (χ2n) is 8.16. The molecule has 150 valence electrons. The van der Waals surface area contributed by atoms with Crippen molar-refractivity contribution in [3.8, 4) is 0 Å². The van der Waals surface area contributed by atoms with E-state index in [0.717, 1.165) is 29.4 Å². The van der Waals surface area contributed by atoms with Gasteiger partial charge < -0.3 is 19.2 Å². The normalized spacial score (nSPS) is 23.4. The first-order chi connectivity index (χ1) is 13.4. The molecule has 2 aliphatic rings. The van der Waals surface area contributed by atoms with Gasteiger partial charge in [-0.2, -0.15) is 0 Å². The van der Waals surface area contributed by atoms with E-state index in [9.17, 15) is 14.7 Å². The smallest absolute Gasteiger partial charge is 0.309 e. The average molecular weight is 385 g/mol. The Labute approximate surface area is 164 Å². The predicted molar refractivity (Wildman–Crippen MR) is 104 cm³/mol.